The number of rotatable bonds is 4. The average molecular weight is 286 g/mol. The summed E-state index contributed by atoms with van der Waals surface area (Å²) in [6.45, 7) is 3.98. The summed E-state index contributed by atoms with van der Waals surface area (Å²) < 4.78 is 5.62. The van der Waals surface area contributed by atoms with E-state index in [4.69, 9.17) is 0 Å². The fourth-order valence-corrected chi connectivity index (χ4v) is 1.76. The molecule has 1 aromatic carbocycles. The van der Waals surface area contributed by atoms with E-state index < -0.39 is 0 Å². The van der Waals surface area contributed by atoms with Gasteiger partial charge >= 0.3 is 5.97 Å². The van der Waals surface area contributed by atoms with Crippen LogP contribution in [0.4, 0.5) is 5.69 Å². The molecule has 0 amide bonds. The number of ether oxygens (including phenoxy) is 1. The van der Waals surface area contributed by atoms with Crippen LogP contribution in [0.15, 0.2) is 22.7 Å². The lowest BCUT2D eigenvalue weighted by atomic mass is 10.2. The molecule has 3 nitrogen and oxygen atoms in total. The van der Waals surface area contributed by atoms with E-state index in [0.717, 1.165) is 10.2 Å². The highest BCUT2D eigenvalue weighted by atomic mass is 79.9. The van der Waals surface area contributed by atoms with Crippen LogP contribution < -0.4 is 5.32 Å². The van der Waals surface area contributed by atoms with E-state index >= 15 is 0 Å². The van der Waals surface area contributed by atoms with Crippen LogP contribution in [-0.2, 0) is 9.53 Å². The molecule has 0 heterocycles. The lowest BCUT2D eigenvalue weighted by Crippen LogP contribution is -2.20. The summed E-state index contributed by atoms with van der Waals surface area (Å²) in [7, 11) is 1.40. The van der Waals surface area contributed by atoms with Crippen LogP contribution in [0.1, 0.15) is 18.9 Å². The topological polar surface area (TPSA) is 38.3 Å². The van der Waals surface area contributed by atoms with Crippen molar-refractivity contribution in [2.24, 2.45) is 0 Å². The van der Waals surface area contributed by atoms with Gasteiger partial charge in [-0.15, -0.1) is 0 Å². The van der Waals surface area contributed by atoms with Crippen LogP contribution in [0.3, 0.4) is 0 Å². The summed E-state index contributed by atoms with van der Waals surface area (Å²) >= 11 is 3.46. The number of esters is 1. The van der Waals surface area contributed by atoms with Crippen LogP contribution >= 0.6 is 15.9 Å². The lowest BCUT2D eigenvalue weighted by molar-refractivity contribution is -0.140. The molecule has 16 heavy (non-hydrogen) atoms. The molecule has 0 bridgehead atoms. The first-order valence-electron chi connectivity index (χ1n) is 5.12. The van der Waals surface area contributed by atoms with Gasteiger partial charge in [-0.25, -0.2) is 0 Å². The zero-order chi connectivity index (χ0) is 12.1. The Hall–Kier alpha value is -1.03. The highest BCUT2D eigenvalue weighted by Gasteiger charge is 2.10. The summed E-state index contributed by atoms with van der Waals surface area (Å²) in [5.74, 6) is -0.205. The Labute approximate surface area is 104 Å². The standard InChI is InChI=1S/C12H16BrNO2/c1-8-4-5-10(13)11(6-8)14-9(2)7-12(15)16-3/h4-6,9,14H,7H2,1-3H3. The molecule has 0 aliphatic heterocycles. The highest BCUT2D eigenvalue weighted by Crippen LogP contribution is 2.24. The second-order valence-corrected chi connectivity index (χ2v) is 4.66. The Balaban J connectivity index is 2.65. The smallest absolute Gasteiger partial charge is 0.307 e. The lowest BCUT2D eigenvalue weighted by Gasteiger charge is -2.15. The summed E-state index contributed by atoms with van der Waals surface area (Å²) in [6.07, 6.45) is 0.358. The maximum Gasteiger partial charge on any atom is 0.307 e. The highest BCUT2D eigenvalue weighted by molar-refractivity contribution is 9.10. The third kappa shape index (κ3) is 3.85. The normalized spacial score (nSPS) is 12.0. The second-order valence-electron chi connectivity index (χ2n) is 3.81. The summed E-state index contributed by atoms with van der Waals surface area (Å²) in [5, 5.41) is 3.27. The molecule has 0 aliphatic rings. The van der Waals surface area contributed by atoms with E-state index in [2.05, 4.69) is 26.0 Å². The van der Waals surface area contributed by atoms with Gasteiger partial charge in [0.1, 0.15) is 0 Å². The van der Waals surface area contributed by atoms with Crippen molar-refractivity contribution in [3.8, 4) is 0 Å². The van der Waals surface area contributed by atoms with Crippen LogP contribution in [0.2, 0.25) is 0 Å². The maximum atomic E-state index is 11.1. The quantitative estimate of drug-likeness (QED) is 0.864. The van der Waals surface area contributed by atoms with Crippen molar-refractivity contribution >= 4 is 27.6 Å². The Morgan fingerprint density at radius 3 is 2.88 bits per heavy atom. The van der Waals surface area contributed by atoms with Gasteiger partial charge < -0.3 is 10.1 Å². The number of hydrogen-bond acceptors (Lipinski definition) is 3. The predicted octanol–water partition coefficient (Wildman–Crippen LogP) is 3.12. The minimum atomic E-state index is -0.205. The first-order valence-corrected chi connectivity index (χ1v) is 5.91. The number of methoxy groups -OCH3 is 1. The van der Waals surface area contributed by atoms with E-state index in [0.29, 0.717) is 6.42 Å². The van der Waals surface area contributed by atoms with Gasteiger partial charge in [-0.05, 0) is 47.5 Å². The molecule has 1 atom stereocenters. The van der Waals surface area contributed by atoms with Crippen molar-refractivity contribution in [2.45, 2.75) is 26.3 Å². The van der Waals surface area contributed by atoms with Crippen molar-refractivity contribution in [3.63, 3.8) is 0 Å². The van der Waals surface area contributed by atoms with Crippen LogP contribution in [0.25, 0.3) is 0 Å². The molecule has 0 saturated heterocycles. The fourth-order valence-electron chi connectivity index (χ4n) is 1.40. The largest absolute Gasteiger partial charge is 0.469 e. The molecule has 0 saturated carbocycles. The molecular weight excluding hydrogens is 270 g/mol. The number of nitrogens with one attached hydrogen (secondary N) is 1. The Morgan fingerprint density at radius 2 is 2.25 bits per heavy atom. The Bertz CT molecular complexity index is 379. The van der Waals surface area contributed by atoms with Gasteiger partial charge in [0.2, 0.25) is 0 Å². The summed E-state index contributed by atoms with van der Waals surface area (Å²) in [5.41, 5.74) is 2.17. The number of carbonyl (C=O) groups is 1. The van der Waals surface area contributed by atoms with E-state index in [1.165, 1.54) is 12.7 Å². The first-order chi connectivity index (χ1) is 7.52. The number of benzene rings is 1. The SMILES string of the molecule is COC(=O)CC(C)Nc1cc(C)ccc1Br. The predicted molar refractivity (Wildman–Crippen MR) is 68.6 cm³/mol. The minimum absolute atomic E-state index is 0.0468. The molecule has 1 N–H and O–H groups in total. The van der Waals surface area contributed by atoms with Crippen molar-refractivity contribution < 1.29 is 9.53 Å². The molecule has 1 aromatic rings. The van der Waals surface area contributed by atoms with E-state index in [1.54, 1.807) is 0 Å². The van der Waals surface area contributed by atoms with Gasteiger partial charge in [0.05, 0.1) is 13.5 Å². The fraction of sp³-hybridized carbons (Fsp3) is 0.417. The first kappa shape index (κ1) is 13.0. The third-order valence-electron chi connectivity index (χ3n) is 2.22. The van der Waals surface area contributed by atoms with Crippen molar-refractivity contribution in [1.29, 1.82) is 0 Å². The molecule has 0 fully saturated rings. The van der Waals surface area contributed by atoms with Crippen molar-refractivity contribution in [3.05, 3.63) is 28.2 Å². The molecule has 1 unspecified atom stereocenters. The van der Waals surface area contributed by atoms with Crippen LogP contribution in [0.5, 0.6) is 0 Å². The molecule has 0 aliphatic carbocycles. The third-order valence-corrected chi connectivity index (χ3v) is 2.92. The minimum Gasteiger partial charge on any atom is -0.469 e. The summed E-state index contributed by atoms with van der Waals surface area (Å²) in [4.78, 5) is 11.1. The molecular formula is C12H16BrNO2. The van der Waals surface area contributed by atoms with E-state index in [9.17, 15) is 4.79 Å². The molecule has 1 rings (SSSR count). The van der Waals surface area contributed by atoms with Gasteiger partial charge in [-0.3, -0.25) is 4.79 Å². The molecule has 88 valence electrons. The number of halogens is 1. The number of hydrogen-bond donors (Lipinski definition) is 1. The maximum absolute atomic E-state index is 11.1. The van der Waals surface area contributed by atoms with E-state index in [1.807, 2.05) is 32.0 Å². The van der Waals surface area contributed by atoms with Gasteiger partial charge in [0.25, 0.3) is 0 Å². The molecule has 0 spiro atoms. The van der Waals surface area contributed by atoms with Crippen molar-refractivity contribution in [1.82, 2.24) is 0 Å². The summed E-state index contributed by atoms with van der Waals surface area (Å²) in [6, 6.07) is 6.10. The molecule has 0 radical (unpaired) electrons. The molecule has 4 heteroatoms. The Morgan fingerprint density at radius 1 is 1.56 bits per heavy atom. The van der Waals surface area contributed by atoms with Crippen molar-refractivity contribution in [2.75, 3.05) is 12.4 Å². The van der Waals surface area contributed by atoms with Gasteiger partial charge in [0, 0.05) is 16.2 Å². The zero-order valence-corrected chi connectivity index (χ0v) is 11.3. The Kier molecular flexibility index (Phi) is 4.80. The van der Waals surface area contributed by atoms with Crippen LogP contribution in [-0.4, -0.2) is 19.1 Å². The monoisotopic (exact) mass is 285 g/mol. The van der Waals surface area contributed by atoms with Gasteiger partial charge in [0.15, 0.2) is 0 Å². The van der Waals surface area contributed by atoms with Gasteiger partial charge in [-0.1, -0.05) is 6.07 Å². The number of carbonyl (C=O) groups excluding carboxylic acids is 1. The van der Waals surface area contributed by atoms with E-state index in [-0.39, 0.29) is 12.0 Å². The number of aryl methyl sites for hydroxylation is 1. The molecule has 0 aromatic heterocycles. The zero-order valence-electron chi connectivity index (χ0n) is 9.71. The van der Waals surface area contributed by atoms with Crippen LogP contribution in [0, 0.1) is 6.92 Å². The second kappa shape index (κ2) is 5.89. The number of anilines is 1. The average Bonchev–Trinajstić information content (AvgIpc) is 2.23. The van der Waals surface area contributed by atoms with Gasteiger partial charge in [-0.2, -0.15) is 0 Å².